The number of carboxylic acids is 1. The Morgan fingerprint density at radius 1 is 1.03 bits per heavy atom. The predicted molar refractivity (Wildman–Crippen MR) is 106 cm³/mol. The van der Waals surface area contributed by atoms with Gasteiger partial charge in [-0.3, -0.25) is 14.9 Å². The number of amides is 1. The largest absolute Gasteiger partial charge is 0.482 e. The molecule has 0 aromatic heterocycles. The van der Waals surface area contributed by atoms with Crippen molar-refractivity contribution in [3.8, 4) is 5.75 Å². The van der Waals surface area contributed by atoms with Gasteiger partial charge in [-0.05, 0) is 42.7 Å². The van der Waals surface area contributed by atoms with Crippen molar-refractivity contribution in [2.75, 3.05) is 11.9 Å². The molecule has 0 aliphatic heterocycles. The van der Waals surface area contributed by atoms with Crippen molar-refractivity contribution in [1.29, 1.82) is 0 Å². The number of nitrogens with one attached hydrogen (secondary N) is 1. The summed E-state index contributed by atoms with van der Waals surface area (Å²) in [5, 5.41) is 22.5. The van der Waals surface area contributed by atoms with Crippen molar-refractivity contribution >= 4 is 23.3 Å². The molecule has 152 valence electrons. The minimum atomic E-state index is -1.07. The van der Waals surface area contributed by atoms with Crippen LogP contribution in [0.3, 0.4) is 0 Å². The molecule has 2 aromatic rings. The van der Waals surface area contributed by atoms with Gasteiger partial charge in [-0.15, -0.1) is 0 Å². The van der Waals surface area contributed by atoms with Crippen LogP contribution in [0, 0.1) is 10.1 Å². The quantitative estimate of drug-likeness (QED) is 0.539. The maximum Gasteiger partial charge on any atom is 0.341 e. The third-order valence-corrected chi connectivity index (χ3v) is 5.25. The Labute approximate surface area is 167 Å². The first kappa shape index (κ1) is 20.3. The van der Waals surface area contributed by atoms with Gasteiger partial charge in [0.15, 0.2) is 6.61 Å². The highest BCUT2D eigenvalue weighted by Gasteiger charge is 2.41. The molecule has 29 heavy (non-hydrogen) atoms. The third kappa shape index (κ3) is 4.71. The number of hydrogen-bond donors (Lipinski definition) is 2. The molecule has 1 saturated carbocycles. The molecule has 0 saturated heterocycles. The van der Waals surface area contributed by atoms with Crippen LogP contribution in [0.5, 0.6) is 5.75 Å². The number of ether oxygens (including phenoxy) is 1. The van der Waals surface area contributed by atoms with Gasteiger partial charge < -0.3 is 15.2 Å². The lowest BCUT2D eigenvalue weighted by Gasteiger charge is -2.36. The Bertz CT molecular complexity index is 886. The highest BCUT2D eigenvalue weighted by atomic mass is 16.6. The summed E-state index contributed by atoms with van der Waals surface area (Å²) in [4.78, 5) is 34.3. The fourth-order valence-electron chi connectivity index (χ4n) is 3.73. The normalized spacial score (nSPS) is 15.3. The maximum atomic E-state index is 13.3. The minimum absolute atomic E-state index is 0.00272. The zero-order chi connectivity index (χ0) is 20.9. The van der Waals surface area contributed by atoms with E-state index in [1.54, 1.807) is 36.4 Å². The first-order valence-corrected chi connectivity index (χ1v) is 9.42. The predicted octanol–water partition coefficient (Wildman–Crippen LogP) is 3.90. The number of non-ortho nitro benzene ring substituents is 1. The van der Waals surface area contributed by atoms with Crippen LogP contribution in [0.4, 0.5) is 11.4 Å². The van der Waals surface area contributed by atoms with E-state index in [0.717, 1.165) is 24.8 Å². The average Bonchev–Trinajstić information content (AvgIpc) is 2.73. The third-order valence-electron chi connectivity index (χ3n) is 5.25. The number of rotatable bonds is 7. The fraction of sp³-hybridized carbons (Fsp3) is 0.333. The standard InChI is InChI=1S/C21H22N2O6/c24-19(25)14-29-18-10-6-16(7-11-18)22-20(26)21(12-2-1-3-13-21)15-4-8-17(9-5-15)23(27)28/h4-11H,1-3,12-14H2,(H,22,26)(H,24,25). The first-order valence-electron chi connectivity index (χ1n) is 9.42. The topological polar surface area (TPSA) is 119 Å². The van der Waals surface area contributed by atoms with Gasteiger partial charge in [-0.25, -0.2) is 4.79 Å². The smallest absolute Gasteiger partial charge is 0.341 e. The van der Waals surface area contributed by atoms with Crippen LogP contribution >= 0.6 is 0 Å². The van der Waals surface area contributed by atoms with Gasteiger partial charge >= 0.3 is 5.97 Å². The molecule has 0 spiro atoms. The molecule has 3 rings (SSSR count). The summed E-state index contributed by atoms with van der Waals surface area (Å²) in [5.74, 6) is -0.817. The Hall–Kier alpha value is -3.42. The van der Waals surface area contributed by atoms with Crippen LogP contribution in [0.1, 0.15) is 37.7 Å². The highest BCUT2D eigenvalue weighted by Crippen LogP contribution is 2.41. The summed E-state index contributed by atoms with van der Waals surface area (Å²) in [6.45, 7) is -0.436. The van der Waals surface area contributed by atoms with E-state index >= 15 is 0 Å². The molecule has 8 heteroatoms. The molecular weight excluding hydrogens is 376 g/mol. The summed E-state index contributed by atoms with van der Waals surface area (Å²) in [5.41, 5.74) is 0.620. The number of benzene rings is 2. The number of anilines is 1. The fourth-order valence-corrected chi connectivity index (χ4v) is 3.73. The SMILES string of the molecule is O=C(O)COc1ccc(NC(=O)C2(c3ccc([N+](=O)[O-])cc3)CCCCC2)cc1. The van der Waals surface area contributed by atoms with Crippen LogP contribution in [-0.4, -0.2) is 28.5 Å². The van der Waals surface area contributed by atoms with E-state index in [1.807, 2.05) is 0 Å². The molecule has 0 bridgehead atoms. The van der Waals surface area contributed by atoms with E-state index in [9.17, 15) is 19.7 Å². The summed E-state index contributed by atoms with van der Waals surface area (Å²) >= 11 is 0. The second-order valence-corrected chi connectivity index (χ2v) is 7.11. The van der Waals surface area contributed by atoms with Gasteiger partial charge in [-0.1, -0.05) is 31.4 Å². The van der Waals surface area contributed by atoms with Crippen molar-refractivity contribution in [2.24, 2.45) is 0 Å². The molecule has 2 aromatic carbocycles. The maximum absolute atomic E-state index is 13.3. The molecule has 1 amide bonds. The van der Waals surface area contributed by atoms with Crippen molar-refractivity contribution in [2.45, 2.75) is 37.5 Å². The van der Waals surface area contributed by atoms with Crippen molar-refractivity contribution in [3.05, 3.63) is 64.2 Å². The van der Waals surface area contributed by atoms with Crippen LogP contribution in [0.15, 0.2) is 48.5 Å². The lowest BCUT2D eigenvalue weighted by molar-refractivity contribution is -0.384. The number of aliphatic carboxylic acids is 1. The number of carboxylic acid groups (broad SMARTS) is 1. The van der Waals surface area contributed by atoms with Gasteiger partial charge in [0.2, 0.25) is 5.91 Å². The van der Waals surface area contributed by atoms with E-state index in [4.69, 9.17) is 9.84 Å². The van der Waals surface area contributed by atoms with Crippen LogP contribution in [-0.2, 0) is 15.0 Å². The average molecular weight is 398 g/mol. The molecule has 0 atom stereocenters. The van der Waals surface area contributed by atoms with Crippen LogP contribution in [0.25, 0.3) is 0 Å². The number of nitro benzene ring substituents is 1. The number of nitrogens with zero attached hydrogens (tertiary/aromatic N) is 1. The van der Waals surface area contributed by atoms with Crippen molar-refractivity contribution in [3.63, 3.8) is 0 Å². The summed E-state index contributed by atoms with van der Waals surface area (Å²) in [7, 11) is 0. The number of nitro groups is 1. The van der Waals surface area contributed by atoms with Gasteiger partial charge in [0.05, 0.1) is 10.3 Å². The van der Waals surface area contributed by atoms with Crippen molar-refractivity contribution < 1.29 is 24.4 Å². The zero-order valence-electron chi connectivity index (χ0n) is 15.8. The van der Waals surface area contributed by atoms with E-state index in [-0.39, 0.29) is 11.6 Å². The Morgan fingerprint density at radius 3 is 2.21 bits per heavy atom. The van der Waals surface area contributed by atoms with E-state index in [1.165, 1.54) is 12.1 Å². The minimum Gasteiger partial charge on any atom is -0.482 e. The molecule has 0 radical (unpaired) electrons. The van der Waals surface area contributed by atoms with Gasteiger partial charge in [0.25, 0.3) is 5.69 Å². The molecular formula is C21H22N2O6. The molecule has 1 aliphatic carbocycles. The number of carbonyl (C=O) groups is 2. The molecule has 2 N–H and O–H groups in total. The summed E-state index contributed by atoms with van der Waals surface area (Å²) in [6.07, 6.45) is 4.23. The molecule has 1 fully saturated rings. The van der Waals surface area contributed by atoms with Gasteiger partial charge in [0, 0.05) is 17.8 Å². The second kappa shape index (κ2) is 8.72. The molecule has 8 nitrogen and oxygen atoms in total. The Kier molecular flexibility index (Phi) is 6.11. The monoisotopic (exact) mass is 398 g/mol. The first-order chi connectivity index (χ1) is 13.9. The van der Waals surface area contributed by atoms with Crippen LogP contribution < -0.4 is 10.1 Å². The van der Waals surface area contributed by atoms with E-state index in [2.05, 4.69) is 5.32 Å². The van der Waals surface area contributed by atoms with E-state index in [0.29, 0.717) is 24.3 Å². The lowest BCUT2D eigenvalue weighted by Crippen LogP contribution is -2.42. The van der Waals surface area contributed by atoms with Crippen molar-refractivity contribution in [1.82, 2.24) is 0 Å². The lowest BCUT2D eigenvalue weighted by atomic mass is 9.68. The van der Waals surface area contributed by atoms with E-state index < -0.39 is 22.9 Å². The van der Waals surface area contributed by atoms with Crippen LogP contribution in [0.2, 0.25) is 0 Å². The molecule has 0 heterocycles. The summed E-state index contributed by atoms with van der Waals surface area (Å²) < 4.78 is 5.10. The summed E-state index contributed by atoms with van der Waals surface area (Å²) in [6, 6.07) is 12.7. The zero-order valence-corrected chi connectivity index (χ0v) is 15.8. The Morgan fingerprint density at radius 2 is 1.66 bits per heavy atom. The highest BCUT2D eigenvalue weighted by molar-refractivity contribution is 5.99. The number of carbonyl (C=O) groups excluding carboxylic acids is 1. The second-order valence-electron chi connectivity index (χ2n) is 7.11. The van der Waals surface area contributed by atoms with Gasteiger partial charge in [0.1, 0.15) is 5.75 Å². The number of hydrogen-bond acceptors (Lipinski definition) is 5. The Balaban J connectivity index is 1.79. The molecule has 1 aliphatic rings. The van der Waals surface area contributed by atoms with Gasteiger partial charge in [-0.2, -0.15) is 0 Å². The molecule has 0 unspecified atom stereocenters.